The van der Waals surface area contributed by atoms with Crippen LogP contribution in [-0.2, 0) is 32.2 Å². The summed E-state index contributed by atoms with van der Waals surface area (Å²) in [5.74, 6) is -1.51. The maximum atomic E-state index is 13.6. The molecule has 0 fully saturated rings. The van der Waals surface area contributed by atoms with E-state index < -0.39 is 24.1 Å². The molecule has 0 aliphatic carbocycles. The minimum absolute atomic E-state index is 0.0128. The van der Waals surface area contributed by atoms with Crippen molar-refractivity contribution in [3.63, 3.8) is 0 Å². The Kier molecular flexibility index (Phi) is 17.3. The molecule has 3 N–H and O–H groups in total. The molecule has 3 rings (SSSR count). The maximum Gasteiger partial charge on any atom is 0.243 e. The molecule has 1 heterocycles. The second-order valence-electron chi connectivity index (χ2n) is 12.9. The molecule has 2 amide bonds. The highest BCUT2D eigenvalue weighted by Crippen LogP contribution is 2.31. The molecule has 0 aliphatic rings. The quantitative estimate of drug-likeness (QED) is 0.0472. The summed E-state index contributed by atoms with van der Waals surface area (Å²) >= 11 is 0. The van der Waals surface area contributed by atoms with Crippen LogP contribution in [0.2, 0.25) is 0 Å². The second kappa shape index (κ2) is 21.6. The van der Waals surface area contributed by atoms with Crippen LogP contribution in [-0.4, -0.2) is 67.0 Å². The number of nitrogens with one attached hydrogen (secondary N) is 2. The predicted molar refractivity (Wildman–Crippen MR) is 193 cm³/mol. The van der Waals surface area contributed by atoms with Crippen molar-refractivity contribution < 1.29 is 33.3 Å². The van der Waals surface area contributed by atoms with Crippen molar-refractivity contribution in [3.8, 4) is 16.9 Å². The highest BCUT2D eigenvalue weighted by atomic mass is 19.1. The number of aromatic nitrogens is 1. The van der Waals surface area contributed by atoms with E-state index in [4.69, 9.17) is 14.2 Å². The number of pyridine rings is 1. The summed E-state index contributed by atoms with van der Waals surface area (Å²) in [6, 6.07) is 13.6. The molecule has 0 saturated carbocycles. The molecule has 0 radical (unpaired) electrons. The number of nitrogens with zero attached hydrogens (tertiary/aromatic N) is 4. The number of hydrogen-bond donors (Lipinski definition) is 3. The lowest BCUT2D eigenvalue weighted by molar-refractivity contribution is -0.134. The normalized spacial score (nSPS) is 14.1. The zero-order chi connectivity index (χ0) is 37.2. The third-order valence-electron chi connectivity index (χ3n) is 8.80. The van der Waals surface area contributed by atoms with Crippen molar-refractivity contribution in [2.75, 3.05) is 26.9 Å². The Hall–Kier alpha value is -4.55. The highest BCUT2D eigenvalue weighted by molar-refractivity contribution is 5.88. The van der Waals surface area contributed by atoms with E-state index >= 15 is 0 Å². The lowest BCUT2D eigenvalue weighted by Gasteiger charge is -2.29. The zero-order valence-electron chi connectivity index (χ0n) is 30.1. The van der Waals surface area contributed by atoms with E-state index in [1.807, 2.05) is 58.0 Å². The Balaban J connectivity index is 1.65. The third kappa shape index (κ3) is 13.3. The first-order chi connectivity index (χ1) is 24.6. The molecule has 0 saturated heterocycles. The molecule has 5 unspecified atom stereocenters. The number of azide groups is 1. The summed E-state index contributed by atoms with van der Waals surface area (Å²) in [4.78, 5) is 33.9. The van der Waals surface area contributed by atoms with Crippen LogP contribution in [0.5, 0.6) is 5.75 Å². The Bertz CT molecular complexity index is 1550. The average Bonchev–Trinajstić information content (AvgIpc) is 3.13. The van der Waals surface area contributed by atoms with Crippen LogP contribution in [0, 0.1) is 23.6 Å². The fourth-order valence-corrected chi connectivity index (χ4v) is 5.48. The highest BCUT2D eigenvalue weighted by Gasteiger charge is 2.33. The first-order valence-electron chi connectivity index (χ1n) is 17.3. The fraction of sp³-hybridized carbons (Fsp3) is 0.500. The molecule has 2 aromatic carbocycles. The molecule has 12 nitrogen and oxygen atoms in total. The Morgan fingerprint density at radius 3 is 2.37 bits per heavy atom. The lowest BCUT2D eigenvalue weighted by Crippen LogP contribution is -2.52. The number of aliphatic hydroxyl groups excluding tert-OH is 1. The fourth-order valence-electron chi connectivity index (χ4n) is 5.48. The third-order valence-corrected chi connectivity index (χ3v) is 8.80. The largest absolute Gasteiger partial charge is 0.493 e. The van der Waals surface area contributed by atoms with Gasteiger partial charge in [0.2, 0.25) is 11.8 Å². The molecule has 51 heavy (non-hydrogen) atoms. The molecular weight excluding hydrogens is 655 g/mol. The van der Waals surface area contributed by atoms with Gasteiger partial charge in [-0.1, -0.05) is 63.5 Å². The smallest absolute Gasteiger partial charge is 0.243 e. The van der Waals surface area contributed by atoms with Crippen LogP contribution >= 0.6 is 0 Å². The van der Waals surface area contributed by atoms with Crippen LogP contribution in [0.4, 0.5) is 4.39 Å². The van der Waals surface area contributed by atoms with E-state index in [-0.39, 0.29) is 55.6 Å². The first-order valence-corrected chi connectivity index (χ1v) is 17.3. The number of carbonyl (C=O) groups excluding carboxylic acids is 2. The number of halogens is 1. The Labute approximate surface area is 299 Å². The van der Waals surface area contributed by atoms with Crippen LogP contribution in [0.3, 0.4) is 0 Å². The van der Waals surface area contributed by atoms with Crippen LogP contribution in [0.25, 0.3) is 21.6 Å². The number of methoxy groups -OCH3 is 1. The SMILES string of the molecule is CCC(C)C(NC(=O)C(CC(O)C(COCc1ccc(-c2ccncc2)c(OCCCOC)c1)N=[N+]=[N-])C(C)C)C(=O)NCc1ccc(F)cc1. The van der Waals surface area contributed by atoms with Crippen molar-refractivity contribution in [3.05, 3.63) is 94.4 Å². The minimum atomic E-state index is -1.19. The number of benzene rings is 2. The van der Waals surface area contributed by atoms with Crippen molar-refractivity contribution in [2.45, 2.75) is 78.3 Å². The maximum absolute atomic E-state index is 13.6. The second-order valence-corrected chi connectivity index (χ2v) is 12.9. The topological polar surface area (TPSA) is 168 Å². The molecule has 1 aromatic heterocycles. The number of hydrogen-bond acceptors (Lipinski definition) is 8. The van der Waals surface area contributed by atoms with E-state index in [1.165, 1.54) is 12.1 Å². The standard InChI is InChI=1S/C38H51FN6O6/c1-6-26(4)36(38(48)42-22-27-8-11-30(39)12-9-27)43-37(47)32(25(2)3)21-34(46)33(44-45-40)24-50-23-28-10-13-31(29-14-16-41-17-15-29)35(20-28)51-19-7-18-49-5/h8-17,20,25-26,32-34,36,46H,6-7,18-19,21-24H2,1-5H3,(H,42,48)(H,43,47). The molecule has 0 bridgehead atoms. The van der Waals surface area contributed by atoms with Gasteiger partial charge in [-0.15, -0.1) is 0 Å². The van der Waals surface area contributed by atoms with Crippen LogP contribution < -0.4 is 15.4 Å². The molecule has 0 aliphatic heterocycles. The lowest BCUT2D eigenvalue weighted by atomic mass is 9.86. The van der Waals surface area contributed by atoms with Gasteiger partial charge < -0.3 is 30.0 Å². The molecule has 276 valence electrons. The number of aliphatic hydroxyl groups is 1. The van der Waals surface area contributed by atoms with Gasteiger partial charge in [-0.3, -0.25) is 14.6 Å². The monoisotopic (exact) mass is 706 g/mol. The first kappa shape index (κ1) is 40.9. The van der Waals surface area contributed by atoms with E-state index in [0.717, 1.165) is 28.7 Å². The number of rotatable bonds is 22. The van der Waals surface area contributed by atoms with Gasteiger partial charge in [-0.25, -0.2) is 4.39 Å². The summed E-state index contributed by atoms with van der Waals surface area (Å²) in [5, 5.41) is 20.7. The molecule has 13 heteroatoms. The zero-order valence-corrected chi connectivity index (χ0v) is 30.1. The number of ether oxygens (including phenoxy) is 3. The predicted octanol–water partition coefficient (Wildman–Crippen LogP) is 6.37. The summed E-state index contributed by atoms with van der Waals surface area (Å²) in [6.07, 6.45) is 3.58. The van der Waals surface area contributed by atoms with Gasteiger partial charge in [0, 0.05) is 55.5 Å². The van der Waals surface area contributed by atoms with E-state index in [2.05, 4.69) is 25.6 Å². The van der Waals surface area contributed by atoms with Crippen LogP contribution in [0.15, 0.2) is 72.1 Å². The van der Waals surface area contributed by atoms with Gasteiger partial charge in [-0.2, -0.15) is 0 Å². The van der Waals surface area contributed by atoms with Gasteiger partial charge in [0.25, 0.3) is 0 Å². The number of amides is 2. The Morgan fingerprint density at radius 2 is 1.73 bits per heavy atom. The van der Waals surface area contributed by atoms with Gasteiger partial charge in [0.1, 0.15) is 17.6 Å². The van der Waals surface area contributed by atoms with Crippen molar-refractivity contribution in [2.24, 2.45) is 22.9 Å². The van der Waals surface area contributed by atoms with Crippen LogP contribution in [0.1, 0.15) is 58.1 Å². The Morgan fingerprint density at radius 1 is 1.02 bits per heavy atom. The number of carbonyl (C=O) groups is 2. The van der Waals surface area contributed by atoms with Gasteiger partial charge >= 0.3 is 0 Å². The van der Waals surface area contributed by atoms with E-state index in [1.54, 1.807) is 31.6 Å². The summed E-state index contributed by atoms with van der Waals surface area (Å²) in [7, 11) is 1.64. The van der Waals surface area contributed by atoms with Gasteiger partial charge in [0.15, 0.2) is 0 Å². The average molecular weight is 707 g/mol. The summed E-state index contributed by atoms with van der Waals surface area (Å²) in [5.41, 5.74) is 12.7. The molecule has 0 spiro atoms. The van der Waals surface area contributed by atoms with Crippen molar-refractivity contribution in [1.82, 2.24) is 15.6 Å². The molecule has 5 atom stereocenters. The van der Waals surface area contributed by atoms with E-state index in [0.29, 0.717) is 25.4 Å². The minimum Gasteiger partial charge on any atom is -0.493 e. The van der Waals surface area contributed by atoms with Gasteiger partial charge in [-0.05, 0) is 70.8 Å². The van der Waals surface area contributed by atoms with Gasteiger partial charge in [0.05, 0.1) is 32.0 Å². The van der Waals surface area contributed by atoms with Crippen molar-refractivity contribution in [1.29, 1.82) is 0 Å². The van der Waals surface area contributed by atoms with E-state index in [9.17, 15) is 24.6 Å². The summed E-state index contributed by atoms with van der Waals surface area (Å²) in [6.45, 7) is 8.80. The molecule has 3 aromatic rings. The van der Waals surface area contributed by atoms with Crippen molar-refractivity contribution >= 4 is 11.8 Å². The molecular formula is C38H51FN6O6. The summed E-state index contributed by atoms with van der Waals surface area (Å²) < 4.78 is 30.5.